The Balaban J connectivity index is 1.82. The molecule has 1 N–H and O–H groups in total. The molecule has 0 aromatic heterocycles. The van der Waals surface area contributed by atoms with Crippen LogP contribution in [0.2, 0.25) is 5.02 Å². The number of nitriles is 1. The molecule has 3 aromatic carbocycles. The molecule has 1 amide bonds. The monoisotopic (exact) mass is 498 g/mol. The van der Waals surface area contributed by atoms with Crippen molar-refractivity contribution in [2.24, 2.45) is 0 Å². The second-order valence-electron chi connectivity index (χ2n) is 6.69. The maximum Gasteiger partial charge on any atom is 0.266 e. The van der Waals surface area contributed by atoms with E-state index in [1.807, 2.05) is 13.0 Å². The van der Waals surface area contributed by atoms with Crippen LogP contribution in [0.15, 0.2) is 70.7 Å². The highest BCUT2D eigenvalue weighted by atomic mass is 79.9. The lowest BCUT2D eigenvalue weighted by molar-refractivity contribution is -0.112. The van der Waals surface area contributed by atoms with Crippen LogP contribution in [-0.4, -0.2) is 5.91 Å². The molecule has 0 unspecified atom stereocenters. The summed E-state index contributed by atoms with van der Waals surface area (Å²) in [6.45, 7) is 2.06. The molecule has 0 spiro atoms. The highest BCUT2D eigenvalue weighted by molar-refractivity contribution is 9.10. The molecule has 0 atom stereocenters. The van der Waals surface area contributed by atoms with Crippen LogP contribution in [0.1, 0.15) is 16.7 Å². The van der Waals surface area contributed by atoms with Gasteiger partial charge in [-0.3, -0.25) is 4.79 Å². The zero-order valence-electron chi connectivity index (χ0n) is 16.5. The molecule has 0 heterocycles. The van der Waals surface area contributed by atoms with E-state index in [1.54, 1.807) is 48.5 Å². The molecule has 0 bridgehead atoms. The van der Waals surface area contributed by atoms with E-state index in [0.717, 1.165) is 15.6 Å². The predicted molar refractivity (Wildman–Crippen MR) is 123 cm³/mol. The first-order chi connectivity index (χ1) is 14.9. The molecule has 31 heavy (non-hydrogen) atoms. The number of carbonyl (C=O) groups is 1. The Labute approximate surface area is 193 Å². The Morgan fingerprint density at radius 2 is 1.94 bits per heavy atom. The lowest BCUT2D eigenvalue weighted by Crippen LogP contribution is -2.13. The van der Waals surface area contributed by atoms with Crippen LogP contribution in [0, 0.1) is 24.1 Å². The SMILES string of the molecule is Cc1ccc(NC(=O)/C(C#N)=C\c2cc(Br)ccc2OCc2ccc(F)cc2)cc1Cl. The predicted octanol–water partition coefficient (Wildman–Crippen LogP) is 6.67. The molecular weight excluding hydrogens is 483 g/mol. The number of hydrogen-bond donors (Lipinski definition) is 1. The van der Waals surface area contributed by atoms with Gasteiger partial charge in [-0.15, -0.1) is 0 Å². The number of aryl methyl sites for hydroxylation is 1. The van der Waals surface area contributed by atoms with Crippen molar-refractivity contribution in [3.8, 4) is 11.8 Å². The maximum atomic E-state index is 13.1. The van der Waals surface area contributed by atoms with Crippen molar-refractivity contribution >= 4 is 45.2 Å². The summed E-state index contributed by atoms with van der Waals surface area (Å²) in [6, 6.07) is 18.3. The van der Waals surface area contributed by atoms with E-state index in [0.29, 0.717) is 22.0 Å². The zero-order valence-corrected chi connectivity index (χ0v) is 18.8. The smallest absolute Gasteiger partial charge is 0.266 e. The number of nitrogens with one attached hydrogen (secondary N) is 1. The number of nitrogens with zero attached hydrogens (tertiary/aromatic N) is 1. The summed E-state index contributed by atoms with van der Waals surface area (Å²) in [7, 11) is 0. The van der Waals surface area contributed by atoms with Crippen LogP contribution in [0.25, 0.3) is 6.08 Å². The number of benzene rings is 3. The fourth-order valence-electron chi connectivity index (χ4n) is 2.68. The molecule has 3 aromatic rings. The minimum atomic E-state index is -0.563. The standard InChI is InChI=1S/C24H17BrClFN2O2/c1-15-2-8-21(12-22(15)26)29-24(30)18(13-28)10-17-11-19(25)5-9-23(17)31-14-16-3-6-20(27)7-4-16/h2-12H,14H2,1H3,(H,29,30)/b18-10-. The van der Waals surface area contributed by atoms with Crippen molar-refractivity contribution in [2.75, 3.05) is 5.32 Å². The first-order valence-electron chi connectivity index (χ1n) is 9.22. The van der Waals surface area contributed by atoms with Crippen molar-refractivity contribution in [3.05, 3.63) is 98.2 Å². The number of hydrogen-bond acceptors (Lipinski definition) is 3. The van der Waals surface area contributed by atoms with E-state index in [9.17, 15) is 14.4 Å². The van der Waals surface area contributed by atoms with E-state index in [-0.39, 0.29) is 18.0 Å². The average molecular weight is 500 g/mol. The van der Waals surface area contributed by atoms with Crippen LogP contribution >= 0.6 is 27.5 Å². The van der Waals surface area contributed by atoms with Crippen molar-refractivity contribution in [1.82, 2.24) is 0 Å². The van der Waals surface area contributed by atoms with Gasteiger partial charge in [0.05, 0.1) is 0 Å². The van der Waals surface area contributed by atoms with Crippen molar-refractivity contribution in [3.63, 3.8) is 0 Å². The normalized spacial score (nSPS) is 11.0. The largest absolute Gasteiger partial charge is 0.488 e. The Bertz CT molecular complexity index is 1190. The molecule has 0 saturated carbocycles. The van der Waals surface area contributed by atoms with Gasteiger partial charge in [-0.25, -0.2) is 4.39 Å². The summed E-state index contributed by atoms with van der Waals surface area (Å²) in [4.78, 5) is 12.6. The van der Waals surface area contributed by atoms with Crippen molar-refractivity contribution in [2.45, 2.75) is 13.5 Å². The van der Waals surface area contributed by atoms with Gasteiger partial charge < -0.3 is 10.1 Å². The number of ether oxygens (including phenoxy) is 1. The maximum absolute atomic E-state index is 13.1. The number of anilines is 1. The second kappa shape index (κ2) is 10.3. The fourth-order valence-corrected chi connectivity index (χ4v) is 3.24. The van der Waals surface area contributed by atoms with E-state index in [2.05, 4.69) is 21.2 Å². The summed E-state index contributed by atoms with van der Waals surface area (Å²) < 4.78 is 19.7. The Morgan fingerprint density at radius 1 is 1.19 bits per heavy atom. The van der Waals surface area contributed by atoms with Crippen LogP contribution in [0.3, 0.4) is 0 Å². The summed E-state index contributed by atoms with van der Waals surface area (Å²) in [6.07, 6.45) is 1.45. The van der Waals surface area contributed by atoms with Crippen LogP contribution in [0.5, 0.6) is 5.75 Å². The Kier molecular flexibility index (Phi) is 7.45. The third kappa shape index (κ3) is 6.17. The average Bonchev–Trinajstić information content (AvgIpc) is 2.75. The minimum absolute atomic E-state index is 0.0959. The van der Waals surface area contributed by atoms with Gasteiger partial charge in [-0.2, -0.15) is 5.26 Å². The summed E-state index contributed by atoms with van der Waals surface area (Å²) in [5, 5.41) is 12.7. The lowest BCUT2D eigenvalue weighted by Gasteiger charge is -2.11. The van der Waals surface area contributed by atoms with E-state index in [1.165, 1.54) is 18.2 Å². The number of carbonyl (C=O) groups excluding carboxylic acids is 1. The van der Waals surface area contributed by atoms with E-state index >= 15 is 0 Å². The van der Waals surface area contributed by atoms with Crippen molar-refractivity contribution < 1.29 is 13.9 Å². The lowest BCUT2D eigenvalue weighted by atomic mass is 10.1. The Hall–Kier alpha value is -3.14. The fraction of sp³-hybridized carbons (Fsp3) is 0.0833. The molecule has 0 aliphatic heterocycles. The van der Waals surface area contributed by atoms with Crippen LogP contribution in [0.4, 0.5) is 10.1 Å². The number of rotatable bonds is 6. The molecule has 0 radical (unpaired) electrons. The highest BCUT2D eigenvalue weighted by Crippen LogP contribution is 2.27. The topological polar surface area (TPSA) is 62.1 Å². The molecule has 7 heteroatoms. The van der Waals surface area contributed by atoms with Gasteiger partial charge in [-0.1, -0.05) is 45.7 Å². The molecule has 3 rings (SSSR count). The molecule has 0 saturated heterocycles. The van der Waals surface area contributed by atoms with Crippen LogP contribution in [-0.2, 0) is 11.4 Å². The number of amides is 1. The first-order valence-corrected chi connectivity index (χ1v) is 10.4. The minimum Gasteiger partial charge on any atom is -0.488 e. The van der Waals surface area contributed by atoms with Gasteiger partial charge in [-0.05, 0) is 66.6 Å². The molecule has 4 nitrogen and oxygen atoms in total. The van der Waals surface area contributed by atoms with Gasteiger partial charge in [0.2, 0.25) is 0 Å². The molecular formula is C24H17BrClFN2O2. The summed E-state index contributed by atoms with van der Waals surface area (Å²) in [5.41, 5.74) is 2.61. The Morgan fingerprint density at radius 3 is 2.61 bits per heavy atom. The van der Waals surface area contributed by atoms with Gasteiger partial charge >= 0.3 is 0 Å². The molecule has 0 aliphatic rings. The summed E-state index contributed by atoms with van der Waals surface area (Å²) in [5.74, 6) is -0.408. The highest BCUT2D eigenvalue weighted by Gasteiger charge is 2.13. The van der Waals surface area contributed by atoms with Gasteiger partial charge in [0.1, 0.15) is 29.8 Å². The second-order valence-corrected chi connectivity index (χ2v) is 8.01. The molecule has 0 fully saturated rings. The molecule has 156 valence electrons. The number of halogens is 3. The van der Waals surface area contributed by atoms with Crippen molar-refractivity contribution in [1.29, 1.82) is 5.26 Å². The molecule has 0 aliphatic carbocycles. The third-order valence-corrected chi connectivity index (χ3v) is 5.27. The van der Waals surface area contributed by atoms with Crippen LogP contribution < -0.4 is 10.1 Å². The van der Waals surface area contributed by atoms with E-state index < -0.39 is 5.91 Å². The van der Waals surface area contributed by atoms with E-state index in [4.69, 9.17) is 16.3 Å². The van der Waals surface area contributed by atoms with Gasteiger partial charge in [0, 0.05) is 20.7 Å². The quantitative estimate of drug-likeness (QED) is 0.304. The zero-order chi connectivity index (χ0) is 22.4. The third-order valence-electron chi connectivity index (χ3n) is 4.37. The van der Waals surface area contributed by atoms with Gasteiger partial charge in [0.25, 0.3) is 5.91 Å². The summed E-state index contributed by atoms with van der Waals surface area (Å²) >= 11 is 9.49. The first kappa shape index (κ1) is 22.5. The van der Waals surface area contributed by atoms with Gasteiger partial charge in [0.15, 0.2) is 0 Å².